The number of amides is 2. The molecule has 1 aromatic carbocycles. The van der Waals surface area contributed by atoms with Crippen LogP contribution in [0.15, 0.2) is 18.2 Å². The number of benzene rings is 1. The van der Waals surface area contributed by atoms with Crippen molar-refractivity contribution >= 4 is 12.0 Å². The van der Waals surface area contributed by atoms with E-state index in [0.29, 0.717) is 26.1 Å². The summed E-state index contributed by atoms with van der Waals surface area (Å²) < 4.78 is 5.43. The van der Waals surface area contributed by atoms with Gasteiger partial charge in [0.25, 0.3) is 0 Å². The summed E-state index contributed by atoms with van der Waals surface area (Å²) in [4.78, 5) is 28.3. The van der Waals surface area contributed by atoms with Crippen LogP contribution in [0.3, 0.4) is 0 Å². The Bertz CT molecular complexity index is 689. The van der Waals surface area contributed by atoms with Crippen LogP contribution in [0.1, 0.15) is 50.3 Å². The Morgan fingerprint density at radius 3 is 2.41 bits per heavy atom. The SMILES string of the molecule is Cc1ccc(CCC(=O)NCCCN2CCN(C(=O)OC(C)(C)C)CC2)c(C)c1. The zero-order chi connectivity index (χ0) is 21.4. The summed E-state index contributed by atoms with van der Waals surface area (Å²) in [6.45, 7) is 14.5. The van der Waals surface area contributed by atoms with Gasteiger partial charge in [-0.2, -0.15) is 0 Å². The minimum absolute atomic E-state index is 0.111. The van der Waals surface area contributed by atoms with Crippen LogP contribution in [-0.4, -0.2) is 66.7 Å². The number of hydrogen-bond donors (Lipinski definition) is 1. The summed E-state index contributed by atoms with van der Waals surface area (Å²) in [6, 6.07) is 6.38. The van der Waals surface area contributed by atoms with Gasteiger partial charge < -0.3 is 15.0 Å². The van der Waals surface area contributed by atoms with E-state index in [-0.39, 0.29) is 12.0 Å². The van der Waals surface area contributed by atoms with Gasteiger partial charge in [-0.15, -0.1) is 0 Å². The highest BCUT2D eigenvalue weighted by Crippen LogP contribution is 2.13. The highest BCUT2D eigenvalue weighted by molar-refractivity contribution is 5.76. The maximum absolute atomic E-state index is 12.1. The highest BCUT2D eigenvalue weighted by Gasteiger charge is 2.25. The molecule has 0 aliphatic carbocycles. The minimum atomic E-state index is -0.454. The quantitative estimate of drug-likeness (QED) is 0.710. The van der Waals surface area contributed by atoms with Crippen LogP contribution in [0.25, 0.3) is 0 Å². The van der Waals surface area contributed by atoms with Crippen molar-refractivity contribution in [3.63, 3.8) is 0 Å². The van der Waals surface area contributed by atoms with Crippen LogP contribution >= 0.6 is 0 Å². The zero-order valence-corrected chi connectivity index (χ0v) is 18.7. The lowest BCUT2D eigenvalue weighted by Gasteiger charge is -2.35. The van der Waals surface area contributed by atoms with Gasteiger partial charge in [0.2, 0.25) is 5.91 Å². The average molecular weight is 404 g/mol. The van der Waals surface area contributed by atoms with Crippen LogP contribution in [-0.2, 0) is 16.0 Å². The molecule has 29 heavy (non-hydrogen) atoms. The predicted octanol–water partition coefficient (Wildman–Crippen LogP) is 3.30. The zero-order valence-electron chi connectivity index (χ0n) is 18.7. The van der Waals surface area contributed by atoms with Crippen molar-refractivity contribution in [3.8, 4) is 0 Å². The molecule has 6 nitrogen and oxygen atoms in total. The molecule has 1 heterocycles. The van der Waals surface area contributed by atoms with E-state index >= 15 is 0 Å². The first kappa shape index (κ1) is 23.2. The number of rotatable bonds is 7. The Hall–Kier alpha value is -2.08. The van der Waals surface area contributed by atoms with Gasteiger partial charge in [-0.05, 0) is 65.1 Å². The second-order valence-electron chi connectivity index (χ2n) is 8.94. The molecule has 2 rings (SSSR count). The van der Waals surface area contributed by atoms with Crippen molar-refractivity contribution in [2.24, 2.45) is 0 Å². The van der Waals surface area contributed by atoms with E-state index in [1.165, 1.54) is 16.7 Å². The summed E-state index contributed by atoms with van der Waals surface area (Å²) in [6.07, 6.45) is 2.00. The van der Waals surface area contributed by atoms with Gasteiger partial charge in [-0.1, -0.05) is 23.8 Å². The van der Waals surface area contributed by atoms with E-state index < -0.39 is 5.60 Å². The summed E-state index contributed by atoms with van der Waals surface area (Å²) in [5, 5.41) is 3.03. The fourth-order valence-corrected chi connectivity index (χ4v) is 3.47. The number of nitrogens with zero attached hydrogens (tertiary/aromatic N) is 2. The highest BCUT2D eigenvalue weighted by atomic mass is 16.6. The largest absolute Gasteiger partial charge is 0.444 e. The van der Waals surface area contributed by atoms with Crippen LogP contribution in [0.2, 0.25) is 0 Å². The molecule has 0 aromatic heterocycles. The lowest BCUT2D eigenvalue weighted by molar-refractivity contribution is -0.121. The van der Waals surface area contributed by atoms with E-state index in [2.05, 4.69) is 42.3 Å². The Morgan fingerprint density at radius 2 is 1.79 bits per heavy atom. The maximum atomic E-state index is 12.1. The van der Waals surface area contributed by atoms with Crippen molar-refractivity contribution in [2.45, 2.75) is 59.5 Å². The first-order valence-electron chi connectivity index (χ1n) is 10.7. The molecule has 1 N–H and O–H groups in total. The van der Waals surface area contributed by atoms with Crippen molar-refractivity contribution in [1.29, 1.82) is 0 Å². The lowest BCUT2D eigenvalue weighted by Crippen LogP contribution is -2.50. The number of carbonyl (C=O) groups excluding carboxylic acids is 2. The molecule has 1 fully saturated rings. The predicted molar refractivity (Wildman–Crippen MR) is 116 cm³/mol. The molecule has 0 unspecified atom stereocenters. The fraction of sp³-hybridized carbons (Fsp3) is 0.652. The van der Waals surface area contributed by atoms with Gasteiger partial charge in [-0.25, -0.2) is 4.79 Å². The molecule has 1 saturated heterocycles. The monoisotopic (exact) mass is 403 g/mol. The summed E-state index contributed by atoms with van der Waals surface area (Å²) >= 11 is 0. The topological polar surface area (TPSA) is 61.9 Å². The third-order valence-electron chi connectivity index (χ3n) is 5.12. The molecule has 1 aliphatic rings. The molecular formula is C23H37N3O3. The van der Waals surface area contributed by atoms with Gasteiger partial charge >= 0.3 is 6.09 Å². The summed E-state index contributed by atoms with van der Waals surface area (Å²) in [5.41, 5.74) is 3.30. The molecular weight excluding hydrogens is 366 g/mol. The molecule has 0 saturated carbocycles. The summed E-state index contributed by atoms with van der Waals surface area (Å²) in [7, 11) is 0. The molecule has 1 aromatic rings. The van der Waals surface area contributed by atoms with Crippen LogP contribution in [0, 0.1) is 13.8 Å². The Morgan fingerprint density at radius 1 is 1.10 bits per heavy atom. The standard InChI is InChI=1S/C23H37N3O3/c1-18-7-8-20(19(2)17-18)9-10-21(27)24-11-6-12-25-13-15-26(16-14-25)22(28)29-23(3,4)5/h7-8,17H,6,9-16H2,1-5H3,(H,24,27). The molecule has 0 spiro atoms. The van der Waals surface area contributed by atoms with Crippen molar-refractivity contribution in [1.82, 2.24) is 15.1 Å². The second-order valence-corrected chi connectivity index (χ2v) is 8.94. The number of aryl methyl sites for hydroxylation is 3. The van der Waals surface area contributed by atoms with E-state index in [4.69, 9.17) is 4.74 Å². The van der Waals surface area contributed by atoms with Gasteiger partial charge in [0.15, 0.2) is 0 Å². The van der Waals surface area contributed by atoms with E-state index in [9.17, 15) is 9.59 Å². The first-order chi connectivity index (χ1) is 13.6. The molecule has 0 atom stereocenters. The molecule has 0 radical (unpaired) electrons. The first-order valence-corrected chi connectivity index (χ1v) is 10.7. The van der Waals surface area contributed by atoms with Gasteiger partial charge in [0, 0.05) is 39.1 Å². The van der Waals surface area contributed by atoms with Crippen molar-refractivity contribution < 1.29 is 14.3 Å². The Kier molecular flexibility index (Phi) is 8.50. The normalized spacial score (nSPS) is 15.3. The van der Waals surface area contributed by atoms with Crippen molar-refractivity contribution in [3.05, 3.63) is 34.9 Å². The number of ether oxygens (including phenoxy) is 1. The van der Waals surface area contributed by atoms with Crippen LogP contribution in [0.5, 0.6) is 0 Å². The molecule has 1 aliphatic heterocycles. The van der Waals surface area contributed by atoms with E-state index in [0.717, 1.165) is 32.5 Å². The van der Waals surface area contributed by atoms with Gasteiger partial charge in [0.05, 0.1) is 0 Å². The minimum Gasteiger partial charge on any atom is -0.444 e. The molecule has 162 valence electrons. The Labute approximate surface area is 175 Å². The van der Waals surface area contributed by atoms with Crippen LogP contribution in [0.4, 0.5) is 4.79 Å². The van der Waals surface area contributed by atoms with Gasteiger partial charge in [0.1, 0.15) is 5.60 Å². The third kappa shape index (κ3) is 8.44. The lowest BCUT2D eigenvalue weighted by atomic mass is 10.0. The molecule has 6 heteroatoms. The van der Waals surface area contributed by atoms with Crippen molar-refractivity contribution in [2.75, 3.05) is 39.3 Å². The number of hydrogen-bond acceptors (Lipinski definition) is 4. The number of piperazine rings is 1. The van der Waals surface area contributed by atoms with E-state index in [1.54, 1.807) is 4.90 Å². The van der Waals surface area contributed by atoms with E-state index in [1.807, 2.05) is 20.8 Å². The fourth-order valence-electron chi connectivity index (χ4n) is 3.47. The second kappa shape index (κ2) is 10.6. The van der Waals surface area contributed by atoms with Crippen LogP contribution < -0.4 is 5.32 Å². The number of nitrogens with one attached hydrogen (secondary N) is 1. The molecule has 0 bridgehead atoms. The smallest absolute Gasteiger partial charge is 0.410 e. The summed E-state index contributed by atoms with van der Waals surface area (Å²) in [5.74, 6) is 0.111. The third-order valence-corrected chi connectivity index (χ3v) is 5.12. The number of carbonyl (C=O) groups is 2. The average Bonchev–Trinajstić information content (AvgIpc) is 2.63. The maximum Gasteiger partial charge on any atom is 0.410 e. The Balaban J connectivity index is 1.57. The molecule has 2 amide bonds. The van der Waals surface area contributed by atoms with Gasteiger partial charge in [-0.3, -0.25) is 9.69 Å².